The number of hydroxylamine groups is 1. The fourth-order valence-electron chi connectivity index (χ4n) is 1.57. The van der Waals surface area contributed by atoms with Crippen LogP contribution in [0.4, 0.5) is 0 Å². The third-order valence-corrected chi connectivity index (χ3v) is 3.64. The van der Waals surface area contributed by atoms with Gasteiger partial charge in [-0.2, -0.15) is 0 Å². The molecular formula is C11H12N2O3S. The number of carbonyl (C=O) groups is 2. The highest BCUT2D eigenvalue weighted by Crippen LogP contribution is 2.36. The van der Waals surface area contributed by atoms with Gasteiger partial charge in [0.25, 0.3) is 5.91 Å². The molecule has 0 bridgehead atoms. The second kappa shape index (κ2) is 5.20. The molecule has 17 heavy (non-hydrogen) atoms. The molecule has 1 aromatic carbocycles. The van der Waals surface area contributed by atoms with Crippen molar-refractivity contribution in [3.05, 3.63) is 29.8 Å². The third-order valence-electron chi connectivity index (χ3n) is 2.33. The van der Waals surface area contributed by atoms with Gasteiger partial charge in [0.2, 0.25) is 5.91 Å². The zero-order valence-electron chi connectivity index (χ0n) is 9.01. The van der Waals surface area contributed by atoms with Gasteiger partial charge in [-0.05, 0) is 18.1 Å². The maximum atomic E-state index is 11.7. The van der Waals surface area contributed by atoms with Gasteiger partial charge >= 0.3 is 0 Å². The molecular weight excluding hydrogens is 240 g/mol. The fourth-order valence-corrected chi connectivity index (χ4v) is 2.76. The van der Waals surface area contributed by atoms with Crippen molar-refractivity contribution in [3.8, 4) is 0 Å². The molecule has 1 aromatic rings. The number of fused-ring (bicyclic) bond motifs is 1. The second-order valence-electron chi connectivity index (χ2n) is 3.64. The van der Waals surface area contributed by atoms with Crippen LogP contribution in [0, 0.1) is 0 Å². The van der Waals surface area contributed by atoms with Gasteiger partial charge in [-0.1, -0.05) is 18.2 Å². The first-order valence-corrected chi connectivity index (χ1v) is 5.99. The van der Waals surface area contributed by atoms with Crippen molar-refractivity contribution in [3.63, 3.8) is 0 Å². The highest BCUT2D eigenvalue weighted by atomic mass is 32.2. The predicted molar refractivity (Wildman–Crippen MR) is 63.1 cm³/mol. The van der Waals surface area contributed by atoms with E-state index in [9.17, 15) is 9.59 Å². The van der Waals surface area contributed by atoms with Crippen LogP contribution >= 0.6 is 11.8 Å². The highest BCUT2D eigenvalue weighted by molar-refractivity contribution is 8.01. The summed E-state index contributed by atoms with van der Waals surface area (Å²) in [5, 5.41) is -0.208. The van der Waals surface area contributed by atoms with Crippen LogP contribution < -0.4 is 11.2 Å². The summed E-state index contributed by atoms with van der Waals surface area (Å²) in [5.41, 5.74) is 8.27. The Bertz CT molecular complexity index is 425. The van der Waals surface area contributed by atoms with Crippen LogP contribution in [0.3, 0.4) is 0 Å². The molecule has 1 atom stereocenters. The van der Waals surface area contributed by atoms with Gasteiger partial charge < -0.3 is 5.73 Å². The summed E-state index contributed by atoms with van der Waals surface area (Å²) in [4.78, 5) is 27.9. The van der Waals surface area contributed by atoms with Crippen molar-refractivity contribution >= 4 is 23.6 Å². The van der Waals surface area contributed by atoms with Gasteiger partial charge in [0, 0.05) is 4.90 Å². The summed E-state index contributed by atoms with van der Waals surface area (Å²) in [5.74, 6) is -0.861. The van der Waals surface area contributed by atoms with E-state index in [4.69, 9.17) is 5.73 Å². The van der Waals surface area contributed by atoms with Crippen molar-refractivity contribution in [2.75, 3.05) is 6.61 Å². The average Bonchev–Trinajstić information content (AvgIpc) is 2.71. The van der Waals surface area contributed by atoms with Crippen LogP contribution in [0.25, 0.3) is 0 Å². The Morgan fingerprint density at radius 3 is 2.94 bits per heavy atom. The van der Waals surface area contributed by atoms with Crippen molar-refractivity contribution in [1.29, 1.82) is 0 Å². The lowest BCUT2D eigenvalue weighted by Crippen LogP contribution is -2.35. The lowest BCUT2D eigenvalue weighted by Gasteiger charge is -2.08. The Morgan fingerprint density at radius 2 is 2.24 bits per heavy atom. The van der Waals surface area contributed by atoms with Crippen molar-refractivity contribution in [2.45, 2.75) is 16.6 Å². The van der Waals surface area contributed by atoms with Crippen LogP contribution in [0.15, 0.2) is 29.2 Å². The number of amides is 2. The Hall–Kier alpha value is -1.53. The van der Waals surface area contributed by atoms with Crippen LogP contribution in [0.5, 0.6) is 0 Å². The summed E-state index contributed by atoms with van der Waals surface area (Å²) in [7, 11) is 0. The van der Waals surface area contributed by atoms with Gasteiger partial charge in [-0.3, -0.25) is 14.4 Å². The first-order valence-electron chi connectivity index (χ1n) is 5.11. The minimum absolute atomic E-state index is 0.208. The molecule has 1 aliphatic rings. The van der Waals surface area contributed by atoms with E-state index in [-0.39, 0.29) is 17.8 Å². The van der Waals surface area contributed by atoms with Gasteiger partial charge in [0.05, 0.1) is 5.25 Å². The Labute approximate surface area is 103 Å². The van der Waals surface area contributed by atoms with Crippen LogP contribution in [0.2, 0.25) is 0 Å². The number of primary amides is 1. The lowest BCUT2D eigenvalue weighted by molar-refractivity contribution is -0.137. The molecule has 0 aliphatic carbocycles. The Balaban J connectivity index is 1.86. The number of carbonyl (C=O) groups excluding carboxylic acids is 2. The lowest BCUT2D eigenvalue weighted by atomic mass is 10.1. The number of rotatable bonds is 4. The average molecular weight is 252 g/mol. The fraction of sp³-hybridized carbons (Fsp3) is 0.273. The van der Waals surface area contributed by atoms with Gasteiger partial charge in [-0.25, -0.2) is 5.48 Å². The molecule has 1 unspecified atom stereocenters. The monoisotopic (exact) mass is 252 g/mol. The molecule has 0 aromatic heterocycles. The molecule has 3 N–H and O–H groups in total. The molecule has 0 saturated heterocycles. The second-order valence-corrected chi connectivity index (χ2v) is 4.88. The van der Waals surface area contributed by atoms with E-state index in [1.54, 1.807) is 0 Å². The van der Waals surface area contributed by atoms with E-state index in [1.807, 2.05) is 24.3 Å². The first-order chi connectivity index (χ1) is 8.16. The Kier molecular flexibility index (Phi) is 3.65. The molecule has 1 aliphatic heterocycles. The van der Waals surface area contributed by atoms with Crippen LogP contribution in [-0.4, -0.2) is 23.7 Å². The number of hydrogen-bond acceptors (Lipinski definition) is 4. The first kappa shape index (κ1) is 11.9. The number of nitrogens with two attached hydrogens (primary N) is 1. The summed E-state index contributed by atoms with van der Waals surface area (Å²) in [6.45, 7) is -0.309. The molecule has 0 fully saturated rings. The molecule has 0 spiro atoms. The largest absolute Gasteiger partial charge is 0.368 e. The SMILES string of the molecule is NC(=O)CONC(=O)C1Cc2ccccc2S1. The van der Waals surface area contributed by atoms with Crippen LogP contribution in [0.1, 0.15) is 5.56 Å². The Morgan fingerprint density at radius 1 is 1.47 bits per heavy atom. The minimum Gasteiger partial charge on any atom is -0.368 e. The molecule has 90 valence electrons. The zero-order valence-corrected chi connectivity index (χ0v) is 9.83. The van der Waals surface area contributed by atoms with E-state index in [1.165, 1.54) is 11.8 Å². The smallest absolute Gasteiger partial charge is 0.257 e. The number of benzene rings is 1. The number of nitrogens with one attached hydrogen (secondary N) is 1. The molecule has 0 radical (unpaired) electrons. The predicted octanol–water partition coefficient (Wildman–Crippen LogP) is 0.237. The molecule has 0 saturated carbocycles. The summed E-state index contributed by atoms with van der Waals surface area (Å²) < 4.78 is 0. The normalized spacial score (nSPS) is 17.5. The van der Waals surface area contributed by atoms with Crippen molar-refractivity contribution in [2.24, 2.45) is 5.73 Å². The minimum atomic E-state index is -0.618. The summed E-state index contributed by atoms with van der Waals surface area (Å²) in [6.07, 6.45) is 0.673. The summed E-state index contributed by atoms with van der Waals surface area (Å²) in [6, 6.07) is 7.87. The van der Waals surface area contributed by atoms with E-state index in [2.05, 4.69) is 10.3 Å². The van der Waals surface area contributed by atoms with Crippen molar-refractivity contribution < 1.29 is 14.4 Å². The van der Waals surface area contributed by atoms with Gasteiger partial charge in [0.15, 0.2) is 6.61 Å². The summed E-state index contributed by atoms with van der Waals surface area (Å²) >= 11 is 1.49. The number of hydrogen-bond donors (Lipinski definition) is 2. The molecule has 1 heterocycles. The number of thioether (sulfide) groups is 1. The molecule has 2 amide bonds. The molecule has 2 rings (SSSR count). The third kappa shape index (κ3) is 2.98. The quantitative estimate of drug-likeness (QED) is 0.752. The molecule has 6 heteroatoms. The highest BCUT2D eigenvalue weighted by Gasteiger charge is 2.28. The standard InChI is InChI=1S/C11H12N2O3S/c12-10(14)6-16-13-11(15)9-5-7-3-1-2-4-8(7)17-9/h1-4,9H,5-6H2,(H2,12,14)(H,13,15). The zero-order chi connectivity index (χ0) is 12.3. The van der Waals surface area contributed by atoms with Gasteiger partial charge in [-0.15, -0.1) is 11.8 Å². The maximum Gasteiger partial charge on any atom is 0.257 e. The maximum absolute atomic E-state index is 11.7. The van der Waals surface area contributed by atoms with E-state index >= 15 is 0 Å². The van der Waals surface area contributed by atoms with Crippen LogP contribution in [-0.2, 0) is 20.8 Å². The molecule has 5 nitrogen and oxygen atoms in total. The topological polar surface area (TPSA) is 81.4 Å². The van der Waals surface area contributed by atoms with E-state index < -0.39 is 5.91 Å². The van der Waals surface area contributed by atoms with Crippen molar-refractivity contribution in [1.82, 2.24) is 5.48 Å². The van der Waals surface area contributed by atoms with E-state index in [0.717, 1.165) is 10.5 Å². The van der Waals surface area contributed by atoms with Gasteiger partial charge in [0.1, 0.15) is 0 Å². The van der Waals surface area contributed by atoms with E-state index in [0.29, 0.717) is 6.42 Å².